The Labute approximate surface area is 194 Å². The normalized spacial score (nSPS) is 10.5. The van der Waals surface area contributed by atoms with E-state index in [2.05, 4.69) is 21.4 Å². The quantitative estimate of drug-likeness (QED) is 0.235. The van der Waals surface area contributed by atoms with Gasteiger partial charge in [0.1, 0.15) is 11.8 Å². The van der Waals surface area contributed by atoms with Gasteiger partial charge in [-0.3, -0.25) is 4.98 Å². The zero-order valence-electron chi connectivity index (χ0n) is 17.2. The summed E-state index contributed by atoms with van der Waals surface area (Å²) in [6, 6.07) is 13.2. The fourth-order valence-electron chi connectivity index (χ4n) is 3.04. The number of fused-ring (bicyclic) bond motifs is 1. The number of rotatable bonds is 9. The SMILES string of the molecule is COc1cc2c(Nc3ccc(Oc4nccs4)cc3)c(C#N)cnc2cc1OCCCCl. The molecule has 0 radical (unpaired) electrons. The Kier molecular flexibility index (Phi) is 6.90. The van der Waals surface area contributed by atoms with Crippen molar-refractivity contribution < 1.29 is 14.2 Å². The number of methoxy groups -OCH3 is 1. The maximum atomic E-state index is 9.64. The molecule has 162 valence electrons. The first-order chi connectivity index (χ1) is 15.7. The molecule has 0 bridgehead atoms. The van der Waals surface area contributed by atoms with Gasteiger partial charge >= 0.3 is 0 Å². The second kappa shape index (κ2) is 10.2. The predicted molar refractivity (Wildman–Crippen MR) is 126 cm³/mol. The van der Waals surface area contributed by atoms with Gasteiger partial charge in [-0.25, -0.2) is 4.98 Å². The van der Waals surface area contributed by atoms with Crippen LogP contribution in [0.3, 0.4) is 0 Å². The molecule has 1 N–H and O–H groups in total. The van der Waals surface area contributed by atoms with E-state index in [-0.39, 0.29) is 0 Å². The van der Waals surface area contributed by atoms with Crippen molar-refractivity contribution in [3.8, 4) is 28.5 Å². The van der Waals surface area contributed by atoms with Gasteiger partial charge in [0.25, 0.3) is 5.19 Å². The number of ether oxygens (including phenoxy) is 3. The first kappa shape index (κ1) is 21.7. The van der Waals surface area contributed by atoms with Crippen molar-refractivity contribution in [2.24, 2.45) is 0 Å². The van der Waals surface area contributed by atoms with Crippen LogP contribution in [0.25, 0.3) is 10.9 Å². The molecule has 9 heteroatoms. The molecular formula is C23H19ClN4O3S. The number of hydrogen-bond donors (Lipinski definition) is 1. The van der Waals surface area contributed by atoms with Crippen LogP contribution in [0.4, 0.5) is 11.4 Å². The van der Waals surface area contributed by atoms with Crippen molar-refractivity contribution in [3.63, 3.8) is 0 Å². The molecule has 4 rings (SSSR count). The third-order valence-corrected chi connectivity index (χ3v) is 5.46. The molecule has 0 aliphatic rings. The standard InChI is InChI=1S/C23H19ClN4O3S/c1-29-20-11-18-19(12-21(20)30-9-2-7-24)27-14-15(13-25)22(18)28-16-3-5-17(6-4-16)31-23-26-8-10-32-23/h3-6,8,10-12,14H,2,7,9H2,1H3,(H,27,28). The molecule has 0 fully saturated rings. The van der Waals surface area contributed by atoms with E-state index in [1.165, 1.54) is 11.3 Å². The number of nitriles is 1. The maximum Gasteiger partial charge on any atom is 0.278 e. The van der Waals surface area contributed by atoms with E-state index in [0.717, 1.165) is 17.5 Å². The first-order valence-electron chi connectivity index (χ1n) is 9.76. The first-order valence-corrected chi connectivity index (χ1v) is 11.2. The highest BCUT2D eigenvalue weighted by Crippen LogP contribution is 2.37. The molecule has 0 saturated heterocycles. The van der Waals surface area contributed by atoms with Gasteiger partial charge in [0, 0.05) is 40.8 Å². The molecule has 32 heavy (non-hydrogen) atoms. The summed E-state index contributed by atoms with van der Waals surface area (Å²) in [7, 11) is 1.57. The van der Waals surface area contributed by atoms with Crippen LogP contribution in [0.15, 0.2) is 54.2 Å². The minimum atomic E-state index is 0.415. The van der Waals surface area contributed by atoms with Crippen LogP contribution in [-0.4, -0.2) is 29.6 Å². The highest BCUT2D eigenvalue weighted by atomic mass is 35.5. The van der Waals surface area contributed by atoms with Crippen LogP contribution in [-0.2, 0) is 0 Å². The average molecular weight is 467 g/mol. The number of pyridine rings is 1. The van der Waals surface area contributed by atoms with E-state index in [0.29, 0.717) is 51.7 Å². The summed E-state index contributed by atoms with van der Waals surface area (Å²) in [6.45, 7) is 0.474. The van der Waals surface area contributed by atoms with E-state index in [1.807, 2.05) is 35.7 Å². The van der Waals surface area contributed by atoms with Crippen LogP contribution >= 0.6 is 22.9 Å². The van der Waals surface area contributed by atoms with Gasteiger partial charge in [-0.05, 0) is 36.8 Å². The zero-order valence-corrected chi connectivity index (χ0v) is 18.7. The van der Waals surface area contributed by atoms with Gasteiger partial charge in [0.2, 0.25) is 0 Å². The summed E-state index contributed by atoms with van der Waals surface area (Å²) in [6.07, 6.45) is 3.95. The number of nitrogens with one attached hydrogen (secondary N) is 1. The minimum Gasteiger partial charge on any atom is -0.493 e. The Morgan fingerprint density at radius 3 is 2.69 bits per heavy atom. The molecule has 0 aliphatic carbocycles. The van der Waals surface area contributed by atoms with Crippen LogP contribution in [0.5, 0.6) is 22.4 Å². The number of anilines is 2. The van der Waals surface area contributed by atoms with Crippen LogP contribution in [0.2, 0.25) is 0 Å². The van der Waals surface area contributed by atoms with Crippen LogP contribution in [0, 0.1) is 11.3 Å². The summed E-state index contributed by atoms with van der Waals surface area (Å²) in [5.74, 6) is 2.32. The molecule has 2 aromatic carbocycles. The lowest BCUT2D eigenvalue weighted by Crippen LogP contribution is -2.02. The Morgan fingerprint density at radius 1 is 1.16 bits per heavy atom. The van der Waals surface area contributed by atoms with Crippen molar-refractivity contribution in [1.29, 1.82) is 5.26 Å². The van der Waals surface area contributed by atoms with Crippen molar-refractivity contribution in [1.82, 2.24) is 9.97 Å². The van der Waals surface area contributed by atoms with Crippen molar-refractivity contribution in [2.75, 3.05) is 24.9 Å². The van der Waals surface area contributed by atoms with Gasteiger partial charge in [-0.2, -0.15) is 5.26 Å². The number of aromatic nitrogens is 2. The number of alkyl halides is 1. The summed E-state index contributed by atoms with van der Waals surface area (Å²) in [4.78, 5) is 8.54. The predicted octanol–water partition coefficient (Wildman–Crippen LogP) is 6.12. The number of nitrogens with zero attached hydrogens (tertiary/aromatic N) is 3. The van der Waals surface area contributed by atoms with Gasteiger partial charge in [0.15, 0.2) is 11.5 Å². The van der Waals surface area contributed by atoms with E-state index < -0.39 is 0 Å². The van der Waals surface area contributed by atoms with Crippen LogP contribution in [0.1, 0.15) is 12.0 Å². The monoisotopic (exact) mass is 466 g/mol. The number of benzene rings is 2. The van der Waals surface area contributed by atoms with E-state index >= 15 is 0 Å². The molecule has 4 aromatic rings. The lowest BCUT2D eigenvalue weighted by molar-refractivity contribution is 0.295. The smallest absolute Gasteiger partial charge is 0.278 e. The van der Waals surface area contributed by atoms with Crippen molar-refractivity contribution in [3.05, 3.63) is 59.7 Å². The van der Waals surface area contributed by atoms with Crippen molar-refractivity contribution in [2.45, 2.75) is 6.42 Å². The van der Waals surface area contributed by atoms with Gasteiger partial charge in [-0.1, -0.05) is 11.3 Å². The second-order valence-electron chi connectivity index (χ2n) is 6.62. The molecule has 0 amide bonds. The average Bonchev–Trinajstić information content (AvgIpc) is 3.33. The maximum absolute atomic E-state index is 9.64. The summed E-state index contributed by atoms with van der Waals surface area (Å²) in [5, 5.41) is 16.1. The highest BCUT2D eigenvalue weighted by molar-refractivity contribution is 7.11. The molecular weight excluding hydrogens is 448 g/mol. The lowest BCUT2D eigenvalue weighted by Gasteiger charge is -2.15. The third kappa shape index (κ3) is 4.85. The highest BCUT2D eigenvalue weighted by Gasteiger charge is 2.15. The summed E-state index contributed by atoms with van der Waals surface area (Å²) >= 11 is 7.16. The molecule has 0 unspecified atom stereocenters. The molecule has 2 aromatic heterocycles. The molecule has 0 atom stereocenters. The van der Waals surface area contributed by atoms with Gasteiger partial charge < -0.3 is 19.5 Å². The number of hydrogen-bond acceptors (Lipinski definition) is 8. The Bertz CT molecular complexity index is 1240. The lowest BCUT2D eigenvalue weighted by atomic mass is 10.1. The molecule has 7 nitrogen and oxygen atoms in total. The Balaban J connectivity index is 1.65. The molecule has 0 spiro atoms. The van der Waals surface area contributed by atoms with Gasteiger partial charge in [0.05, 0.1) is 30.5 Å². The fraction of sp³-hybridized carbons (Fsp3) is 0.174. The molecule has 2 heterocycles. The number of halogens is 1. The fourth-order valence-corrected chi connectivity index (χ4v) is 3.65. The van der Waals surface area contributed by atoms with Crippen LogP contribution < -0.4 is 19.5 Å². The molecule has 0 saturated carbocycles. The topological polar surface area (TPSA) is 89.3 Å². The summed E-state index contributed by atoms with van der Waals surface area (Å²) in [5.41, 5.74) is 2.52. The van der Waals surface area contributed by atoms with E-state index in [9.17, 15) is 5.26 Å². The second-order valence-corrected chi connectivity index (χ2v) is 7.85. The van der Waals surface area contributed by atoms with Crippen molar-refractivity contribution >= 4 is 45.2 Å². The number of thiazole rings is 1. The minimum absolute atomic E-state index is 0.415. The Hall–Kier alpha value is -3.54. The van der Waals surface area contributed by atoms with Gasteiger partial charge in [-0.15, -0.1) is 11.6 Å². The van der Waals surface area contributed by atoms with E-state index in [1.54, 1.807) is 25.6 Å². The Morgan fingerprint density at radius 2 is 2.00 bits per heavy atom. The third-order valence-electron chi connectivity index (χ3n) is 4.55. The van der Waals surface area contributed by atoms with E-state index in [4.69, 9.17) is 25.8 Å². The summed E-state index contributed by atoms with van der Waals surface area (Å²) < 4.78 is 17.0. The largest absolute Gasteiger partial charge is 0.493 e. The molecule has 0 aliphatic heterocycles. The zero-order chi connectivity index (χ0) is 22.3.